The Kier molecular flexibility index (Phi) is 5.85. The lowest BCUT2D eigenvalue weighted by atomic mass is 9.89. The summed E-state index contributed by atoms with van der Waals surface area (Å²) in [6.07, 6.45) is 6.23. The van der Waals surface area contributed by atoms with Gasteiger partial charge in [-0.15, -0.1) is 0 Å². The molecule has 0 radical (unpaired) electrons. The van der Waals surface area contributed by atoms with Crippen molar-refractivity contribution < 1.29 is 9.53 Å². The Morgan fingerprint density at radius 2 is 2.00 bits per heavy atom. The van der Waals surface area contributed by atoms with Crippen LogP contribution < -0.4 is 5.32 Å². The minimum Gasteiger partial charge on any atom is -0.468 e. The van der Waals surface area contributed by atoms with E-state index in [0.29, 0.717) is 6.04 Å². The van der Waals surface area contributed by atoms with Gasteiger partial charge in [0.25, 0.3) is 0 Å². The molecule has 116 valence electrons. The smallest absolute Gasteiger partial charge is 0.324 e. The molecule has 2 unspecified atom stereocenters. The first-order valence-corrected chi connectivity index (χ1v) is 8.16. The molecule has 1 N–H and O–H groups in total. The molecule has 4 nitrogen and oxygen atoms in total. The molecule has 0 aromatic carbocycles. The van der Waals surface area contributed by atoms with Gasteiger partial charge in [-0.1, -0.05) is 13.8 Å². The van der Waals surface area contributed by atoms with Crippen LogP contribution in [0.15, 0.2) is 0 Å². The molecule has 2 rings (SSSR count). The minimum absolute atomic E-state index is 0.110. The van der Waals surface area contributed by atoms with Gasteiger partial charge in [0.2, 0.25) is 0 Å². The zero-order chi connectivity index (χ0) is 14.5. The summed E-state index contributed by atoms with van der Waals surface area (Å²) in [6, 6.07) is 0.387. The van der Waals surface area contributed by atoms with E-state index in [1.54, 1.807) is 0 Å². The van der Waals surface area contributed by atoms with Crippen LogP contribution in [0.1, 0.15) is 46.0 Å². The van der Waals surface area contributed by atoms with Crippen LogP contribution >= 0.6 is 0 Å². The Hall–Kier alpha value is -0.610. The number of rotatable bonds is 6. The normalized spacial score (nSPS) is 26.3. The van der Waals surface area contributed by atoms with E-state index in [9.17, 15) is 4.79 Å². The van der Waals surface area contributed by atoms with Gasteiger partial charge in [-0.25, -0.2) is 0 Å². The van der Waals surface area contributed by atoms with Gasteiger partial charge in [0, 0.05) is 12.6 Å². The Morgan fingerprint density at radius 3 is 2.60 bits per heavy atom. The van der Waals surface area contributed by atoms with Crippen LogP contribution in [-0.2, 0) is 9.53 Å². The number of methoxy groups -OCH3 is 1. The Labute approximate surface area is 123 Å². The van der Waals surface area contributed by atoms with E-state index in [0.717, 1.165) is 31.5 Å². The van der Waals surface area contributed by atoms with Crippen LogP contribution in [0.3, 0.4) is 0 Å². The summed E-state index contributed by atoms with van der Waals surface area (Å²) in [5.41, 5.74) is 0. The number of carbonyl (C=O) groups is 1. The maximum absolute atomic E-state index is 11.9. The monoisotopic (exact) mass is 282 g/mol. The average Bonchev–Trinajstić information content (AvgIpc) is 3.24. The molecule has 0 aromatic rings. The number of likely N-dealkylation sites (tertiary alicyclic amines) is 1. The van der Waals surface area contributed by atoms with E-state index in [2.05, 4.69) is 24.1 Å². The minimum atomic E-state index is -0.150. The molecule has 2 fully saturated rings. The number of hydrogen-bond acceptors (Lipinski definition) is 4. The highest BCUT2D eigenvalue weighted by Crippen LogP contribution is 2.25. The molecule has 1 heterocycles. The molecule has 0 amide bonds. The predicted molar refractivity (Wildman–Crippen MR) is 80.6 cm³/mol. The second kappa shape index (κ2) is 7.41. The third-order valence-corrected chi connectivity index (χ3v) is 4.75. The zero-order valence-electron chi connectivity index (χ0n) is 13.2. The van der Waals surface area contributed by atoms with Gasteiger partial charge < -0.3 is 15.0 Å². The highest BCUT2D eigenvalue weighted by atomic mass is 16.5. The van der Waals surface area contributed by atoms with Crippen molar-refractivity contribution in [3.05, 3.63) is 0 Å². The summed E-state index contributed by atoms with van der Waals surface area (Å²) < 4.78 is 4.95. The number of esters is 1. The first-order valence-electron chi connectivity index (χ1n) is 8.16. The van der Waals surface area contributed by atoms with E-state index in [1.807, 2.05) is 0 Å². The summed E-state index contributed by atoms with van der Waals surface area (Å²) in [6.45, 7) is 7.68. The first kappa shape index (κ1) is 15.8. The molecule has 1 aliphatic carbocycles. The van der Waals surface area contributed by atoms with Crippen molar-refractivity contribution in [2.75, 3.05) is 26.7 Å². The van der Waals surface area contributed by atoms with Crippen LogP contribution in [0.5, 0.6) is 0 Å². The fourth-order valence-corrected chi connectivity index (χ4v) is 3.16. The topological polar surface area (TPSA) is 41.6 Å². The Morgan fingerprint density at radius 1 is 1.25 bits per heavy atom. The van der Waals surface area contributed by atoms with E-state index in [4.69, 9.17) is 4.74 Å². The molecule has 0 spiro atoms. The highest BCUT2D eigenvalue weighted by Gasteiger charge is 2.31. The molecule has 1 aliphatic heterocycles. The van der Waals surface area contributed by atoms with Gasteiger partial charge in [0.15, 0.2) is 0 Å². The van der Waals surface area contributed by atoms with Crippen LogP contribution in [0.2, 0.25) is 0 Å². The molecular formula is C16H30N2O2. The molecule has 2 aliphatic rings. The van der Waals surface area contributed by atoms with Gasteiger partial charge in [0.05, 0.1) is 7.11 Å². The van der Waals surface area contributed by atoms with Crippen LogP contribution in [-0.4, -0.2) is 49.7 Å². The average molecular weight is 282 g/mol. The molecule has 0 aromatic heterocycles. The lowest BCUT2D eigenvalue weighted by molar-refractivity contribution is -0.143. The molecule has 20 heavy (non-hydrogen) atoms. The van der Waals surface area contributed by atoms with Crippen molar-refractivity contribution in [1.29, 1.82) is 0 Å². The van der Waals surface area contributed by atoms with Crippen molar-refractivity contribution in [2.45, 2.75) is 58.0 Å². The molecule has 1 saturated carbocycles. The summed E-state index contributed by atoms with van der Waals surface area (Å²) >= 11 is 0. The number of hydrogen-bond donors (Lipinski definition) is 1. The number of nitrogens with zero attached hydrogens (tertiary/aromatic N) is 1. The predicted octanol–water partition coefficient (Wildman–Crippen LogP) is 2.04. The molecule has 4 heteroatoms. The second-order valence-corrected chi connectivity index (χ2v) is 6.75. The fourth-order valence-electron chi connectivity index (χ4n) is 3.16. The van der Waals surface area contributed by atoms with E-state index in [1.165, 1.54) is 39.2 Å². The van der Waals surface area contributed by atoms with E-state index in [-0.39, 0.29) is 12.0 Å². The van der Waals surface area contributed by atoms with Crippen molar-refractivity contribution in [2.24, 2.45) is 11.8 Å². The van der Waals surface area contributed by atoms with Gasteiger partial charge in [0.1, 0.15) is 6.04 Å². The molecule has 2 atom stereocenters. The summed E-state index contributed by atoms with van der Waals surface area (Å²) in [5, 5.41) is 3.43. The SMILES string of the molecule is COC(=O)C(CN1CCCC(C(C)C)CC1)NC1CC1. The summed E-state index contributed by atoms with van der Waals surface area (Å²) in [5.74, 6) is 1.51. The van der Waals surface area contributed by atoms with E-state index >= 15 is 0 Å². The third kappa shape index (κ3) is 4.74. The van der Waals surface area contributed by atoms with E-state index < -0.39 is 0 Å². The lowest BCUT2D eigenvalue weighted by Gasteiger charge is -2.26. The largest absolute Gasteiger partial charge is 0.468 e. The quantitative estimate of drug-likeness (QED) is 0.757. The van der Waals surface area contributed by atoms with Gasteiger partial charge in [-0.2, -0.15) is 0 Å². The summed E-state index contributed by atoms with van der Waals surface area (Å²) in [4.78, 5) is 14.3. The zero-order valence-corrected chi connectivity index (χ0v) is 13.2. The fraction of sp³-hybridized carbons (Fsp3) is 0.938. The van der Waals surface area contributed by atoms with Crippen molar-refractivity contribution in [1.82, 2.24) is 10.2 Å². The van der Waals surface area contributed by atoms with Crippen molar-refractivity contribution in [3.63, 3.8) is 0 Å². The van der Waals surface area contributed by atoms with Crippen LogP contribution in [0, 0.1) is 11.8 Å². The Bertz CT molecular complexity index is 316. The maximum Gasteiger partial charge on any atom is 0.324 e. The van der Waals surface area contributed by atoms with Crippen LogP contribution in [0.25, 0.3) is 0 Å². The Balaban J connectivity index is 1.84. The highest BCUT2D eigenvalue weighted by molar-refractivity contribution is 5.76. The van der Waals surface area contributed by atoms with Crippen molar-refractivity contribution in [3.8, 4) is 0 Å². The molecule has 0 bridgehead atoms. The second-order valence-electron chi connectivity index (χ2n) is 6.75. The third-order valence-electron chi connectivity index (χ3n) is 4.75. The molecular weight excluding hydrogens is 252 g/mol. The van der Waals surface area contributed by atoms with Gasteiger partial charge >= 0.3 is 5.97 Å². The number of carbonyl (C=O) groups excluding carboxylic acids is 1. The van der Waals surface area contributed by atoms with Gasteiger partial charge in [-0.3, -0.25) is 4.79 Å². The number of ether oxygens (including phenoxy) is 1. The van der Waals surface area contributed by atoms with Crippen LogP contribution in [0.4, 0.5) is 0 Å². The van der Waals surface area contributed by atoms with Crippen molar-refractivity contribution >= 4 is 5.97 Å². The standard InChI is InChI=1S/C16H30N2O2/c1-12(2)13-5-4-9-18(10-8-13)11-15(16(19)20-3)17-14-6-7-14/h12-15,17H,4-11H2,1-3H3. The van der Waals surface area contributed by atoms with Gasteiger partial charge in [-0.05, 0) is 57.0 Å². The lowest BCUT2D eigenvalue weighted by Crippen LogP contribution is -2.47. The number of nitrogens with one attached hydrogen (secondary N) is 1. The first-order chi connectivity index (χ1) is 9.60. The summed E-state index contributed by atoms with van der Waals surface area (Å²) in [7, 11) is 1.49. The maximum atomic E-state index is 11.9. The molecule has 1 saturated heterocycles.